The Morgan fingerprint density at radius 2 is 1.94 bits per heavy atom. The van der Waals surface area contributed by atoms with Gasteiger partial charge in [0.05, 0.1) is 10.5 Å². The van der Waals surface area contributed by atoms with Gasteiger partial charge in [-0.2, -0.15) is 0 Å². The lowest BCUT2D eigenvalue weighted by molar-refractivity contribution is -0.384. The van der Waals surface area contributed by atoms with E-state index < -0.39 is 10.5 Å². The van der Waals surface area contributed by atoms with Gasteiger partial charge in [-0.3, -0.25) is 14.9 Å². The highest BCUT2D eigenvalue weighted by atomic mass is 16.6. The summed E-state index contributed by atoms with van der Waals surface area (Å²) >= 11 is 0. The van der Waals surface area contributed by atoms with Gasteiger partial charge in [-0.15, -0.1) is 0 Å². The van der Waals surface area contributed by atoms with Crippen molar-refractivity contribution in [2.24, 2.45) is 5.73 Å². The topological polar surface area (TPSA) is 86.2 Å². The van der Waals surface area contributed by atoms with Crippen LogP contribution in [0.2, 0.25) is 0 Å². The van der Waals surface area contributed by atoms with Crippen molar-refractivity contribution in [3.8, 4) is 0 Å². The molecule has 0 heterocycles. The van der Waals surface area contributed by atoms with Crippen LogP contribution in [-0.2, 0) is 11.2 Å². The molecule has 1 aromatic carbocycles. The van der Waals surface area contributed by atoms with Gasteiger partial charge in [-0.1, -0.05) is 12.1 Å². The van der Waals surface area contributed by atoms with Crippen molar-refractivity contribution in [3.05, 3.63) is 39.9 Å². The quantitative estimate of drug-likeness (QED) is 0.617. The molecule has 0 amide bonds. The van der Waals surface area contributed by atoms with E-state index in [4.69, 9.17) is 5.73 Å². The van der Waals surface area contributed by atoms with E-state index in [2.05, 4.69) is 0 Å². The molecule has 0 radical (unpaired) electrons. The molecule has 0 aliphatic carbocycles. The molecule has 0 bridgehead atoms. The molecule has 0 fully saturated rings. The van der Waals surface area contributed by atoms with Crippen molar-refractivity contribution in [2.75, 3.05) is 0 Å². The SMILES string of the molecule is CC(=O)C(C)(N)Cc1ccc([N+](=O)[O-])cc1. The smallest absolute Gasteiger partial charge is 0.269 e. The molecule has 16 heavy (non-hydrogen) atoms. The van der Waals surface area contributed by atoms with Crippen molar-refractivity contribution in [1.29, 1.82) is 0 Å². The van der Waals surface area contributed by atoms with Gasteiger partial charge in [0.1, 0.15) is 5.78 Å². The second-order valence-electron chi connectivity index (χ2n) is 4.07. The number of Topliss-reactive ketones (excluding diaryl/α,β-unsaturated/α-hetero) is 1. The predicted molar refractivity (Wildman–Crippen MR) is 60.1 cm³/mol. The maximum Gasteiger partial charge on any atom is 0.269 e. The number of benzene rings is 1. The van der Waals surface area contributed by atoms with Crippen LogP contribution in [-0.4, -0.2) is 16.2 Å². The zero-order valence-corrected chi connectivity index (χ0v) is 9.27. The first-order valence-corrected chi connectivity index (χ1v) is 4.86. The van der Waals surface area contributed by atoms with Crippen molar-refractivity contribution >= 4 is 11.5 Å². The van der Waals surface area contributed by atoms with Crippen LogP contribution in [0.5, 0.6) is 0 Å². The zero-order chi connectivity index (χ0) is 12.3. The average Bonchev–Trinajstić information content (AvgIpc) is 2.17. The third-order valence-corrected chi connectivity index (χ3v) is 2.52. The van der Waals surface area contributed by atoms with E-state index in [1.54, 1.807) is 19.1 Å². The summed E-state index contributed by atoms with van der Waals surface area (Å²) in [4.78, 5) is 21.2. The molecule has 0 aromatic heterocycles. The molecule has 0 saturated heterocycles. The van der Waals surface area contributed by atoms with Crippen LogP contribution in [0.3, 0.4) is 0 Å². The first kappa shape index (κ1) is 12.3. The molecule has 2 N–H and O–H groups in total. The number of hydrogen-bond donors (Lipinski definition) is 1. The number of rotatable bonds is 4. The zero-order valence-electron chi connectivity index (χ0n) is 9.27. The normalized spacial score (nSPS) is 14.2. The first-order valence-electron chi connectivity index (χ1n) is 4.86. The Morgan fingerprint density at radius 1 is 1.44 bits per heavy atom. The van der Waals surface area contributed by atoms with Gasteiger partial charge < -0.3 is 5.73 Å². The lowest BCUT2D eigenvalue weighted by Crippen LogP contribution is -2.45. The lowest BCUT2D eigenvalue weighted by atomic mass is 9.90. The fourth-order valence-electron chi connectivity index (χ4n) is 1.28. The number of nitro benzene ring substituents is 1. The fraction of sp³-hybridized carbons (Fsp3) is 0.364. The Morgan fingerprint density at radius 3 is 2.31 bits per heavy atom. The second-order valence-corrected chi connectivity index (χ2v) is 4.07. The minimum atomic E-state index is -0.921. The fourth-order valence-corrected chi connectivity index (χ4v) is 1.28. The molecule has 0 aliphatic rings. The number of ketones is 1. The molecule has 1 unspecified atom stereocenters. The Labute approximate surface area is 93.4 Å². The Hall–Kier alpha value is -1.75. The molecule has 1 rings (SSSR count). The van der Waals surface area contributed by atoms with Crippen LogP contribution in [0.25, 0.3) is 0 Å². The maximum absolute atomic E-state index is 11.2. The summed E-state index contributed by atoms with van der Waals surface area (Å²) in [5.74, 6) is -0.106. The highest BCUT2D eigenvalue weighted by Crippen LogP contribution is 2.16. The molecular formula is C11H14N2O3. The van der Waals surface area contributed by atoms with Crippen molar-refractivity contribution < 1.29 is 9.72 Å². The summed E-state index contributed by atoms with van der Waals surface area (Å²) in [6, 6.07) is 6.05. The highest BCUT2D eigenvalue weighted by molar-refractivity contribution is 5.85. The molecule has 0 spiro atoms. The number of nitrogens with zero attached hydrogens (tertiary/aromatic N) is 1. The number of carbonyl (C=O) groups is 1. The van der Waals surface area contributed by atoms with Crippen LogP contribution in [0.1, 0.15) is 19.4 Å². The van der Waals surface area contributed by atoms with Crippen molar-refractivity contribution in [2.45, 2.75) is 25.8 Å². The van der Waals surface area contributed by atoms with E-state index in [9.17, 15) is 14.9 Å². The number of carbonyl (C=O) groups excluding carboxylic acids is 1. The van der Waals surface area contributed by atoms with Crippen LogP contribution in [0, 0.1) is 10.1 Å². The Bertz CT molecular complexity index is 410. The molecule has 0 aliphatic heterocycles. The van der Waals surface area contributed by atoms with E-state index in [0.29, 0.717) is 6.42 Å². The van der Waals surface area contributed by atoms with E-state index in [-0.39, 0.29) is 11.5 Å². The summed E-state index contributed by atoms with van der Waals surface area (Å²) < 4.78 is 0. The van der Waals surface area contributed by atoms with Gasteiger partial charge >= 0.3 is 0 Å². The molecule has 5 heteroatoms. The van der Waals surface area contributed by atoms with E-state index >= 15 is 0 Å². The summed E-state index contributed by atoms with van der Waals surface area (Å²) in [5, 5.41) is 10.4. The Balaban J connectivity index is 2.84. The minimum absolute atomic E-state index is 0.0327. The van der Waals surface area contributed by atoms with Crippen LogP contribution < -0.4 is 5.73 Å². The molecule has 86 valence electrons. The molecule has 1 atom stereocenters. The molecule has 5 nitrogen and oxygen atoms in total. The standard InChI is InChI=1S/C11H14N2O3/c1-8(14)11(2,12)7-9-3-5-10(6-4-9)13(15)16/h3-6H,7,12H2,1-2H3. The number of non-ortho nitro benzene ring substituents is 1. The number of hydrogen-bond acceptors (Lipinski definition) is 4. The molecule has 0 saturated carbocycles. The Kier molecular flexibility index (Phi) is 3.39. The summed E-state index contributed by atoms with van der Waals surface area (Å²) in [6.45, 7) is 3.09. The second kappa shape index (κ2) is 4.40. The molecule has 1 aromatic rings. The number of nitro groups is 1. The first-order chi connectivity index (χ1) is 7.33. The van der Waals surface area contributed by atoms with Gasteiger partial charge in [0.2, 0.25) is 0 Å². The van der Waals surface area contributed by atoms with Crippen LogP contribution in [0.4, 0.5) is 5.69 Å². The monoisotopic (exact) mass is 222 g/mol. The number of nitrogens with two attached hydrogens (primary N) is 1. The lowest BCUT2D eigenvalue weighted by Gasteiger charge is -2.20. The summed E-state index contributed by atoms with van der Waals surface area (Å²) in [5.41, 5.74) is 5.73. The van der Waals surface area contributed by atoms with Gasteiger partial charge in [0, 0.05) is 12.1 Å². The van der Waals surface area contributed by atoms with E-state index in [0.717, 1.165) is 5.56 Å². The summed E-state index contributed by atoms with van der Waals surface area (Å²) in [7, 11) is 0. The molecular weight excluding hydrogens is 208 g/mol. The van der Waals surface area contributed by atoms with E-state index in [1.807, 2.05) is 0 Å². The summed E-state index contributed by atoms with van der Waals surface area (Å²) in [6.07, 6.45) is 0.375. The predicted octanol–water partition coefficient (Wildman–Crippen LogP) is 1.44. The maximum atomic E-state index is 11.2. The van der Waals surface area contributed by atoms with Crippen molar-refractivity contribution in [3.63, 3.8) is 0 Å². The largest absolute Gasteiger partial charge is 0.319 e. The van der Waals surface area contributed by atoms with E-state index in [1.165, 1.54) is 19.1 Å². The van der Waals surface area contributed by atoms with Crippen LogP contribution in [0.15, 0.2) is 24.3 Å². The van der Waals surface area contributed by atoms with Gasteiger partial charge in [-0.05, 0) is 25.8 Å². The van der Waals surface area contributed by atoms with Gasteiger partial charge in [-0.25, -0.2) is 0 Å². The van der Waals surface area contributed by atoms with Gasteiger partial charge in [0.25, 0.3) is 5.69 Å². The van der Waals surface area contributed by atoms with Crippen molar-refractivity contribution in [1.82, 2.24) is 0 Å². The highest BCUT2D eigenvalue weighted by Gasteiger charge is 2.24. The van der Waals surface area contributed by atoms with Gasteiger partial charge in [0.15, 0.2) is 0 Å². The third-order valence-electron chi connectivity index (χ3n) is 2.52. The minimum Gasteiger partial charge on any atom is -0.319 e. The average molecular weight is 222 g/mol. The third kappa shape index (κ3) is 2.87. The van der Waals surface area contributed by atoms with Crippen LogP contribution >= 0.6 is 0 Å².